The zero-order valence-corrected chi connectivity index (χ0v) is 30.6. The first-order valence-electron chi connectivity index (χ1n) is 17.7. The molecule has 4 aromatic rings. The second-order valence-electron chi connectivity index (χ2n) is 14.4. The van der Waals surface area contributed by atoms with E-state index in [2.05, 4.69) is 15.3 Å². The summed E-state index contributed by atoms with van der Waals surface area (Å²) in [6.07, 6.45) is 1.03. The van der Waals surface area contributed by atoms with E-state index in [0.717, 1.165) is 26.8 Å². The third kappa shape index (κ3) is 11.7. The number of rotatable bonds is 16. The van der Waals surface area contributed by atoms with Crippen molar-refractivity contribution in [2.75, 3.05) is 0 Å². The van der Waals surface area contributed by atoms with E-state index < -0.39 is 53.7 Å². The van der Waals surface area contributed by atoms with E-state index in [1.807, 2.05) is 86.6 Å². The van der Waals surface area contributed by atoms with Crippen LogP contribution in [-0.2, 0) is 43.3 Å². The highest BCUT2D eigenvalue weighted by atomic mass is 16.6. The third-order valence-electron chi connectivity index (χ3n) is 8.44. The summed E-state index contributed by atoms with van der Waals surface area (Å²) in [6, 6.07) is 19.2. The highest BCUT2D eigenvalue weighted by molar-refractivity contribution is 6.00. The number of ether oxygens (including phenoxy) is 2. The molecule has 1 heterocycles. The number of aliphatic hydroxyl groups is 1. The number of benzene rings is 3. The number of nitrogens with zero attached hydrogens (tertiary/aromatic N) is 2. The van der Waals surface area contributed by atoms with Gasteiger partial charge in [0, 0.05) is 19.0 Å². The van der Waals surface area contributed by atoms with Crippen molar-refractivity contribution in [3.63, 3.8) is 0 Å². The summed E-state index contributed by atoms with van der Waals surface area (Å²) in [6.45, 7) is 8.95. The van der Waals surface area contributed by atoms with Crippen LogP contribution in [-0.4, -0.2) is 73.7 Å². The number of nitrogens with one attached hydrogen (secondary N) is 2. The van der Waals surface area contributed by atoms with Crippen molar-refractivity contribution in [3.05, 3.63) is 102 Å². The van der Waals surface area contributed by atoms with Crippen LogP contribution in [0.1, 0.15) is 70.7 Å². The van der Waals surface area contributed by atoms with E-state index in [4.69, 9.17) is 15.2 Å². The average Bonchev–Trinajstić information content (AvgIpc) is 3.62. The molecule has 4 rings (SSSR count). The van der Waals surface area contributed by atoms with Gasteiger partial charge in [-0.3, -0.25) is 14.4 Å². The van der Waals surface area contributed by atoms with Gasteiger partial charge in [0.1, 0.15) is 18.2 Å². The minimum absolute atomic E-state index is 0.0138. The lowest BCUT2D eigenvalue weighted by Gasteiger charge is -2.34. The maximum Gasteiger partial charge on any atom is 0.417 e. The highest BCUT2D eigenvalue weighted by Crippen LogP contribution is 2.22. The lowest BCUT2D eigenvalue weighted by atomic mass is 9.95. The van der Waals surface area contributed by atoms with Crippen LogP contribution >= 0.6 is 0 Å². The molecule has 0 saturated heterocycles. The van der Waals surface area contributed by atoms with Crippen molar-refractivity contribution in [2.24, 2.45) is 11.7 Å². The summed E-state index contributed by atoms with van der Waals surface area (Å²) < 4.78 is 11.1. The van der Waals surface area contributed by atoms with Gasteiger partial charge >= 0.3 is 12.1 Å². The number of fused-ring (bicyclic) bond motifs is 1. The lowest BCUT2D eigenvalue weighted by Crippen LogP contribution is -2.60. The molecule has 3 amide bonds. The monoisotopic (exact) mass is 713 g/mol. The number of amides is 3. The number of imide groups is 1. The average molecular weight is 714 g/mol. The summed E-state index contributed by atoms with van der Waals surface area (Å²) in [4.78, 5) is 63.0. The molecule has 2 unspecified atom stereocenters. The summed E-state index contributed by atoms with van der Waals surface area (Å²) in [5.74, 6) is -1.97. The number of hydrogen-bond acceptors (Lipinski definition) is 9. The maximum atomic E-state index is 14.3. The lowest BCUT2D eigenvalue weighted by molar-refractivity contribution is -0.146. The Morgan fingerprint density at radius 1 is 0.962 bits per heavy atom. The van der Waals surface area contributed by atoms with Crippen molar-refractivity contribution in [2.45, 2.75) is 103 Å². The molecule has 0 spiro atoms. The molecule has 0 aliphatic heterocycles. The van der Waals surface area contributed by atoms with Crippen LogP contribution in [0.5, 0.6) is 0 Å². The Kier molecular flexibility index (Phi) is 14.1. The summed E-state index contributed by atoms with van der Waals surface area (Å²) in [7, 11) is 0. The molecule has 0 radical (unpaired) electrons. The SMILES string of the molecule is CC(C)CC(NC(=O)[C@H](Cc1c[nH]cn1)N(C(=O)OC(C)(C)C)C(=O)[C@@H](N)Cc1cccc2ccccc12)C(O)CCC(=O)OCc1ccccc1. The molecule has 5 N–H and O–H groups in total. The van der Waals surface area contributed by atoms with Gasteiger partial charge in [0.2, 0.25) is 11.8 Å². The summed E-state index contributed by atoms with van der Waals surface area (Å²) in [5, 5.41) is 16.1. The van der Waals surface area contributed by atoms with Gasteiger partial charge in [0.15, 0.2) is 0 Å². The van der Waals surface area contributed by atoms with Crippen LogP contribution in [0.4, 0.5) is 4.79 Å². The van der Waals surface area contributed by atoms with E-state index in [0.29, 0.717) is 12.1 Å². The molecular formula is C40H51N5O7. The normalized spacial score (nSPS) is 13.9. The Bertz CT molecular complexity index is 1770. The minimum atomic E-state index is -1.44. The number of nitrogens with two attached hydrogens (primary N) is 1. The molecule has 0 bridgehead atoms. The van der Waals surface area contributed by atoms with Crippen molar-refractivity contribution in [1.29, 1.82) is 0 Å². The molecule has 12 nitrogen and oxygen atoms in total. The molecule has 0 saturated carbocycles. The Morgan fingerprint density at radius 3 is 2.33 bits per heavy atom. The van der Waals surface area contributed by atoms with Crippen LogP contribution in [0.2, 0.25) is 0 Å². The first-order valence-corrected chi connectivity index (χ1v) is 17.7. The van der Waals surface area contributed by atoms with E-state index in [1.165, 1.54) is 6.33 Å². The molecule has 1 aromatic heterocycles. The van der Waals surface area contributed by atoms with Crippen molar-refractivity contribution in [3.8, 4) is 0 Å². The number of aliphatic hydroxyl groups excluding tert-OH is 1. The van der Waals surface area contributed by atoms with Gasteiger partial charge in [-0.1, -0.05) is 86.6 Å². The van der Waals surface area contributed by atoms with E-state index in [9.17, 15) is 24.3 Å². The van der Waals surface area contributed by atoms with Gasteiger partial charge in [0.25, 0.3) is 0 Å². The van der Waals surface area contributed by atoms with Crippen LogP contribution < -0.4 is 11.1 Å². The molecular weight excluding hydrogens is 662 g/mol. The van der Waals surface area contributed by atoms with Gasteiger partial charge in [-0.2, -0.15) is 0 Å². The number of carbonyl (C=O) groups excluding carboxylic acids is 4. The minimum Gasteiger partial charge on any atom is -0.461 e. The van der Waals surface area contributed by atoms with Crippen LogP contribution in [0.15, 0.2) is 85.3 Å². The molecule has 3 aromatic carbocycles. The largest absolute Gasteiger partial charge is 0.461 e. The summed E-state index contributed by atoms with van der Waals surface area (Å²) >= 11 is 0. The fourth-order valence-corrected chi connectivity index (χ4v) is 5.93. The molecule has 12 heteroatoms. The van der Waals surface area contributed by atoms with Gasteiger partial charge in [-0.15, -0.1) is 0 Å². The number of carbonyl (C=O) groups is 4. The maximum absolute atomic E-state index is 14.3. The zero-order chi connectivity index (χ0) is 37.8. The number of esters is 1. The highest BCUT2D eigenvalue weighted by Gasteiger charge is 2.41. The van der Waals surface area contributed by atoms with Crippen LogP contribution in [0, 0.1) is 5.92 Å². The molecule has 278 valence electrons. The second-order valence-corrected chi connectivity index (χ2v) is 14.4. The van der Waals surface area contributed by atoms with Gasteiger partial charge in [-0.05, 0) is 67.9 Å². The molecule has 0 aliphatic rings. The quantitative estimate of drug-likeness (QED) is 0.113. The van der Waals surface area contributed by atoms with E-state index >= 15 is 0 Å². The Labute approximate surface area is 305 Å². The Morgan fingerprint density at radius 2 is 1.65 bits per heavy atom. The smallest absolute Gasteiger partial charge is 0.417 e. The number of imidazole rings is 1. The van der Waals surface area contributed by atoms with Crippen LogP contribution in [0.3, 0.4) is 0 Å². The topological polar surface area (TPSA) is 177 Å². The fourth-order valence-electron chi connectivity index (χ4n) is 5.93. The number of hydrogen-bond donors (Lipinski definition) is 4. The van der Waals surface area contributed by atoms with E-state index in [-0.39, 0.29) is 38.2 Å². The first-order chi connectivity index (χ1) is 24.7. The van der Waals surface area contributed by atoms with Crippen molar-refractivity contribution < 1.29 is 33.8 Å². The second kappa shape index (κ2) is 18.4. The number of aromatic nitrogens is 2. The zero-order valence-electron chi connectivity index (χ0n) is 30.6. The standard InChI is InChI=1S/C40H51N5O7/c1-26(2)20-33(35(46)18-19-36(47)51-24-27-12-7-6-8-13-27)44-37(48)34(22-30-23-42-25-43-30)45(39(50)52-40(3,4)5)38(49)32(41)21-29-16-11-15-28-14-9-10-17-31(28)29/h6-17,23,25-26,32-35,46H,18-22,24,41H2,1-5H3,(H,42,43)(H,44,48)/t32-,33?,34-,35?/m0/s1. The van der Waals surface area contributed by atoms with Crippen molar-refractivity contribution >= 4 is 34.6 Å². The van der Waals surface area contributed by atoms with Gasteiger partial charge in [0.05, 0.1) is 30.2 Å². The third-order valence-corrected chi connectivity index (χ3v) is 8.44. The fraction of sp³-hybridized carbons (Fsp3) is 0.425. The molecule has 52 heavy (non-hydrogen) atoms. The number of aromatic amines is 1. The first kappa shape index (κ1) is 39.7. The summed E-state index contributed by atoms with van der Waals surface area (Å²) in [5.41, 5.74) is 7.61. The van der Waals surface area contributed by atoms with Gasteiger partial charge < -0.3 is 30.6 Å². The molecule has 0 aliphatic carbocycles. The number of H-pyrrole nitrogens is 1. The van der Waals surface area contributed by atoms with Gasteiger partial charge in [-0.25, -0.2) is 14.7 Å². The Hall–Kier alpha value is -5.07. The van der Waals surface area contributed by atoms with Crippen molar-refractivity contribution in [1.82, 2.24) is 20.2 Å². The Balaban J connectivity index is 1.59. The van der Waals surface area contributed by atoms with Crippen LogP contribution in [0.25, 0.3) is 10.8 Å². The molecule has 4 atom stereocenters. The molecule has 0 fully saturated rings. The predicted octanol–water partition coefficient (Wildman–Crippen LogP) is 5.22. The predicted molar refractivity (Wildman–Crippen MR) is 198 cm³/mol. The van der Waals surface area contributed by atoms with E-state index in [1.54, 1.807) is 27.0 Å².